The van der Waals surface area contributed by atoms with E-state index in [1.807, 2.05) is 12.1 Å². The van der Waals surface area contributed by atoms with E-state index >= 15 is 0 Å². The predicted molar refractivity (Wildman–Crippen MR) is 59.9 cm³/mol. The van der Waals surface area contributed by atoms with Gasteiger partial charge in [-0.2, -0.15) is 0 Å². The molecule has 1 heterocycles. The predicted octanol–water partition coefficient (Wildman–Crippen LogP) is 0.681. The summed E-state index contributed by atoms with van der Waals surface area (Å²) in [4.78, 5) is 5.37. The molecule has 0 unspecified atom stereocenters. The molecule has 0 fully saturated rings. The average molecular weight is 205 g/mol. The van der Waals surface area contributed by atoms with Crippen LogP contribution in [0.25, 0.3) is 0 Å². The lowest BCUT2D eigenvalue weighted by Crippen LogP contribution is -2.82. The fraction of sp³-hybridized carbons (Fsp3) is 0.417. The second-order valence-electron chi connectivity index (χ2n) is 3.93. The number of aryl methyl sites for hydroxylation is 1. The van der Waals surface area contributed by atoms with Crippen molar-refractivity contribution in [3.8, 4) is 0 Å². The van der Waals surface area contributed by atoms with Gasteiger partial charge < -0.3 is 10.2 Å². The third-order valence-corrected chi connectivity index (χ3v) is 2.69. The van der Waals surface area contributed by atoms with Crippen molar-refractivity contribution >= 4 is 5.71 Å². The number of likely N-dealkylation sites (N-methyl/N-ethyl adjacent to an activating group) is 1. The van der Waals surface area contributed by atoms with Crippen LogP contribution in [0.4, 0.5) is 0 Å². The molecule has 3 heteroatoms. The maximum atomic E-state index is 5.37. The molecule has 0 aliphatic carbocycles. The fourth-order valence-corrected chi connectivity index (χ4v) is 1.87. The van der Waals surface area contributed by atoms with Gasteiger partial charge in [0.25, 0.3) is 0 Å². The Kier molecular flexibility index (Phi) is 3.02. The van der Waals surface area contributed by atoms with Crippen molar-refractivity contribution in [3.05, 3.63) is 35.4 Å². The van der Waals surface area contributed by atoms with Crippen molar-refractivity contribution in [1.82, 2.24) is 0 Å². The van der Waals surface area contributed by atoms with Gasteiger partial charge in [0.15, 0.2) is 6.10 Å². The Morgan fingerprint density at radius 1 is 1.47 bits per heavy atom. The van der Waals surface area contributed by atoms with E-state index in [9.17, 15) is 0 Å². The molecule has 0 radical (unpaired) electrons. The van der Waals surface area contributed by atoms with Gasteiger partial charge >= 0.3 is 0 Å². The van der Waals surface area contributed by atoms with E-state index in [0.29, 0.717) is 0 Å². The van der Waals surface area contributed by atoms with E-state index in [2.05, 4.69) is 36.6 Å². The summed E-state index contributed by atoms with van der Waals surface area (Å²) in [7, 11) is 2.05. The third-order valence-electron chi connectivity index (χ3n) is 2.69. The maximum Gasteiger partial charge on any atom is 0.181 e. The van der Waals surface area contributed by atoms with Crippen LogP contribution in [0, 0.1) is 6.92 Å². The van der Waals surface area contributed by atoms with Gasteiger partial charge in [0.05, 0.1) is 12.8 Å². The zero-order valence-corrected chi connectivity index (χ0v) is 9.23. The molecular weight excluding hydrogens is 188 g/mol. The normalized spacial score (nSPS) is 19.9. The summed E-state index contributed by atoms with van der Waals surface area (Å²) in [6, 6.07) is 8.31. The van der Waals surface area contributed by atoms with Crippen LogP contribution in [0.5, 0.6) is 0 Å². The molecule has 1 aromatic carbocycles. The Hall–Kier alpha value is -1.35. The first-order valence-corrected chi connectivity index (χ1v) is 5.37. The van der Waals surface area contributed by atoms with Crippen LogP contribution < -0.4 is 5.32 Å². The smallest absolute Gasteiger partial charge is 0.181 e. The molecule has 80 valence electrons. The lowest BCUT2D eigenvalue weighted by Gasteiger charge is -2.04. The highest BCUT2D eigenvalue weighted by molar-refractivity contribution is 6.02. The largest absolute Gasteiger partial charge is 0.386 e. The van der Waals surface area contributed by atoms with Crippen molar-refractivity contribution in [1.29, 1.82) is 0 Å². The average Bonchev–Trinajstić information content (AvgIpc) is 2.68. The quantitative estimate of drug-likeness (QED) is 0.774. The number of oxime groups is 1. The summed E-state index contributed by atoms with van der Waals surface area (Å²) in [5.74, 6) is 0. The van der Waals surface area contributed by atoms with Crippen LogP contribution >= 0.6 is 0 Å². The van der Waals surface area contributed by atoms with E-state index in [0.717, 1.165) is 18.7 Å². The molecule has 1 aliphatic heterocycles. The molecule has 0 saturated heterocycles. The summed E-state index contributed by atoms with van der Waals surface area (Å²) in [6.07, 6.45) is 1.17. The number of quaternary nitrogens is 1. The molecular formula is C12H17N2O+. The van der Waals surface area contributed by atoms with Crippen LogP contribution in [0.3, 0.4) is 0 Å². The molecule has 1 aliphatic rings. The van der Waals surface area contributed by atoms with E-state index in [4.69, 9.17) is 4.84 Å². The summed E-state index contributed by atoms with van der Waals surface area (Å²) < 4.78 is 0. The zero-order valence-electron chi connectivity index (χ0n) is 9.23. The van der Waals surface area contributed by atoms with Gasteiger partial charge in [0, 0.05) is 12.0 Å². The molecule has 0 aromatic heterocycles. The third kappa shape index (κ3) is 2.18. The molecule has 2 rings (SSSR count). The van der Waals surface area contributed by atoms with E-state index in [-0.39, 0.29) is 6.10 Å². The molecule has 0 amide bonds. The number of hydrogen-bond donors (Lipinski definition) is 1. The minimum atomic E-state index is 0.240. The highest BCUT2D eigenvalue weighted by Crippen LogP contribution is 2.18. The first-order chi connectivity index (χ1) is 7.31. The molecule has 15 heavy (non-hydrogen) atoms. The molecule has 0 spiro atoms. The molecule has 3 nitrogen and oxygen atoms in total. The van der Waals surface area contributed by atoms with Crippen molar-refractivity contribution in [3.63, 3.8) is 0 Å². The van der Waals surface area contributed by atoms with Crippen LogP contribution in [-0.2, 0) is 4.84 Å². The van der Waals surface area contributed by atoms with Gasteiger partial charge in [-0.05, 0) is 12.5 Å². The number of nitrogens with two attached hydrogens (primary N) is 1. The lowest BCUT2D eigenvalue weighted by atomic mass is 10.0. The SMILES string of the molecule is C[NH2+]C[C@H]1CC(c2ccccc2C)=NO1. The first-order valence-electron chi connectivity index (χ1n) is 5.37. The molecule has 0 saturated carbocycles. The van der Waals surface area contributed by atoms with Crippen LogP contribution in [-0.4, -0.2) is 25.4 Å². The summed E-state index contributed by atoms with van der Waals surface area (Å²) >= 11 is 0. The fourth-order valence-electron chi connectivity index (χ4n) is 1.87. The van der Waals surface area contributed by atoms with Gasteiger partial charge in [0.2, 0.25) is 0 Å². The Morgan fingerprint density at radius 3 is 3.00 bits per heavy atom. The molecule has 1 aromatic rings. The van der Waals surface area contributed by atoms with Crippen LogP contribution in [0.15, 0.2) is 29.4 Å². The lowest BCUT2D eigenvalue weighted by molar-refractivity contribution is -0.633. The minimum Gasteiger partial charge on any atom is -0.386 e. The van der Waals surface area contributed by atoms with E-state index in [1.165, 1.54) is 11.1 Å². The van der Waals surface area contributed by atoms with Crippen LogP contribution in [0.1, 0.15) is 17.5 Å². The van der Waals surface area contributed by atoms with Crippen molar-refractivity contribution in [2.45, 2.75) is 19.4 Å². The Morgan fingerprint density at radius 2 is 2.27 bits per heavy atom. The van der Waals surface area contributed by atoms with Gasteiger partial charge in [-0.15, -0.1) is 0 Å². The van der Waals surface area contributed by atoms with Crippen LogP contribution in [0.2, 0.25) is 0 Å². The highest BCUT2D eigenvalue weighted by atomic mass is 16.6. The summed E-state index contributed by atoms with van der Waals surface area (Å²) in [6.45, 7) is 3.08. The van der Waals surface area contributed by atoms with Crippen molar-refractivity contribution < 1.29 is 10.2 Å². The Labute approximate surface area is 90.1 Å². The van der Waals surface area contributed by atoms with Gasteiger partial charge in [-0.1, -0.05) is 29.4 Å². The van der Waals surface area contributed by atoms with Gasteiger partial charge in [0.1, 0.15) is 6.54 Å². The van der Waals surface area contributed by atoms with Gasteiger partial charge in [-0.3, -0.25) is 0 Å². The summed E-state index contributed by atoms with van der Waals surface area (Å²) in [5.41, 5.74) is 3.57. The minimum absolute atomic E-state index is 0.240. The zero-order chi connectivity index (χ0) is 10.7. The Balaban J connectivity index is 2.11. The van der Waals surface area contributed by atoms with Crippen molar-refractivity contribution in [2.24, 2.45) is 5.16 Å². The number of hydrogen-bond acceptors (Lipinski definition) is 2. The second-order valence-corrected chi connectivity index (χ2v) is 3.93. The monoisotopic (exact) mass is 205 g/mol. The highest BCUT2D eigenvalue weighted by Gasteiger charge is 2.23. The standard InChI is InChI=1S/C12H16N2O/c1-9-5-3-4-6-11(9)12-7-10(8-13-2)15-14-12/h3-6,10,13H,7-8H2,1-2H3/p+1/t10-/m1/s1. The summed E-state index contributed by atoms with van der Waals surface area (Å²) in [5, 5.41) is 6.29. The first kappa shape index (κ1) is 10.2. The number of benzene rings is 1. The van der Waals surface area contributed by atoms with E-state index in [1.54, 1.807) is 0 Å². The molecule has 1 atom stereocenters. The second kappa shape index (κ2) is 4.45. The van der Waals surface area contributed by atoms with Crippen molar-refractivity contribution in [2.75, 3.05) is 13.6 Å². The Bertz CT molecular complexity index is 374. The molecule has 2 N–H and O–H groups in total. The van der Waals surface area contributed by atoms with Gasteiger partial charge in [-0.25, -0.2) is 0 Å². The number of nitrogens with zero attached hydrogens (tertiary/aromatic N) is 1. The number of rotatable bonds is 3. The maximum absolute atomic E-state index is 5.37. The van der Waals surface area contributed by atoms with E-state index < -0.39 is 0 Å². The molecule has 0 bridgehead atoms. The topological polar surface area (TPSA) is 38.2 Å².